The number of rotatable bonds is 3. The Morgan fingerprint density at radius 3 is 2.79 bits per heavy atom. The first kappa shape index (κ1) is 9.99. The molecule has 1 aliphatic rings. The van der Waals surface area contributed by atoms with Crippen LogP contribution in [-0.4, -0.2) is 19.1 Å². The average molecular weight is 210 g/mol. The second kappa shape index (κ2) is 4.32. The van der Waals surface area contributed by atoms with Gasteiger partial charge in [0.05, 0.1) is 5.00 Å². The molecule has 0 aliphatic carbocycles. The first-order valence-corrected chi connectivity index (χ1v) is 6.16. The quantitative estimate of drug-likeness (QED) is 0.829. The minimum atomic E-state index is 0.278. The maximum Gasteiger partial charge on any atom is 0.0911 e. The minimum Gasteiger partial charge on any atom is -0.363 e. The van der Waals surface area contributed by atoms with E-state index in [4.69, 9.17) is 5.73 Å². The van der Waals surface area contributed by atoms with Gasteiger partial charge in [0.2, 0.25) is 0 Å². The molecule has 0 aromatic carbocycles. The lowest BCUT2D eigenvalue weighted by atomic mass is 10.2. The standard InChI is InChI=1S/C11H18N2S/c1-9(12)8-10-4-5-11(14-10)13-6-2-3-7-13/h4-5,9H,2-3,6-8,12H2,1H3. The molecular formula is C11H18N2S. The van der Waals surface area contributed by atoms with Crippen LogP contribution in [0.1, 0.15) is 24.6 Å². The van der Waals surface area contributed by atoms with Crippen LogP contribution in [0, 0.1) is 0 Å². The highest BCUT2D eigenvalue weighted by atomic mass is 32.1. The molecule has 2 nitrogen and oxygen atoms in total. The number of nitrogens with zero attached hydrogens (tertiary/aromatic N) is 1. The molecule has 0 amide bonds. The first-order chi connectivity index (χ1) is 6.75. The van der Waals surface area contributed by atoms with Crippen molar-refractivity contribution in [2.75, 3.05) is 18.0 Å². The van der Waals surface area contributed by atoms with Crippen molar-refractivity contribution in [2.45, 2.75) is 32.2 Å². The van der Waals surface area contributed by atoms with Crippen molar-refractivity contribution in [1.29, 1.82) is 0 Å². The fourth-order valence-corrected chi connectivity index (χ4v) is 3.10. The molecule has 0 spiro atoms. The summed E-state index contributed by atoms with van der Waals surface area (Å²) in [6.07, 6.45) is 3.71. The third kappa shape index (κ3) is 2.28. The van der Waals surface area contributed by atoms with Gasteiger partial charge in [0.25, 0.3) is 0 Å². The highest BCUT2D eigenvalue weighted by molar-refractivity contribution is 7.16. The molecule has 1 saturated heterocycles. The number of hydrogen-bond donors (Lipinski definition) is 1. The van der Waals surface area contributed by atoms with Crippen LogP contribution in [0.4, 0.5) is 5.00 Å². The Bertz CT molecular complexity index is 287. The van der Waals surface area contributed by atoms with Gasteiger partial charge >= 0.3 is 0 Å². The van der Waals surface area contributed by atoms with Gasteiger partial charge in [0, 0.05) is 24.0 Å². The predicted octanol–water partition coefficient (Wildman–Crippen LogP) is 2.24. The Labute approximate surface area is 89.7 Å². The summed E-state index contributed by atoms with van der Waals surface area (Å²) >= 11 is 1.90. The normalized spacial score (nSPS) is 18.9. The zero-order valence-corrected chi connectivity index (χ0v) is 9.52. The second-order valence-corrected chi connectivity index (χ2v) is 5.26. The molecule has 2 rings (SSSR count). The molecule has 2 N–H and O–H groups in total. The van der Waals surface area contributed by atoms with E-state index in [-0.39, 0.29) is 6.04 Å². The van der Waals surface area contributed by atoms with Gasteiger partial charge < -0.3 is 10.6 Å². The van der Waals surface area contributed by atoms with Crippen molar-refractivity contribution in [2.24, 2.45) is 5.73 Å². The molecule has 1 fully saturated rings. The zero-order valence-electron chi connectivity index (χ0n) is 8.70. The Kier molecular flexibility index (Phi) is 3.08. The van der Waals surface area contributed by atoms with E-state index in [0.29, 0.717) is 0 Å². The van der Waals surface area contributed by atoms with E-state index >= 15 is 0 Å². The second-order valence-electron chi connectivity index (χ2n) is 4.12. The van der Waals surface area contributed by atoms with Gasteiger partial charge in [-0.2, -0.15) is 0 Å². The Balaban J connectivity index is 2.01. The molecule has 1 aromatic heterocycles. The van der Waals surface area contributed by atoms with Gasteiger partial charge in [-0.25, -0.2) is 0 Å². The number of anilines is 1. The van der Waals surface area contributed by atoms with Crippen LogP contribution >= 0.6 is 11.3 Å². The smallest absolute Gasteiger partial charge is 0.0911 e. The fourth-order valence-electron chi connectivity index (χ4n) is 1.90. The molecule has 1 aromatic rings. The van der Waals surface area contributed by atoms with Crippen molar-refractivity contribution in [1.82, 2.24) is 0 Å². The maximum atomic E-state index is 5.78. The summed E-state index contributed by atoms with van der Waals surface area (Å²) in [7, 11) is 0. The van der Waals surface area contributed by atoms with Gasteiger partial charge in [0.1, 0.15) is 0 Å². The number of nitrogens with two attached hydrogens (primary N) is 1. The predicted molar refractivity (Wildman–Crippen MR) is 63.1 cm³/mol. The van der Waals surface area contributed by atoms with Crippen molar-refractivity contribution < 1.29 is 0 Å². The van der Waals surface area contributed by atoms with Gasteiger partial charge in [-0.3, -0.25) is 0 Å². The number of thiophene rings is 1. The molecule has 1 atom stereocenters. The van der Waals surface area contributed by atoms with E-state index in [0.717, 1.165) is 6.42 Å². The van der Waals surface area contributed by atoms with Crippen LogP contribution in [0.2, 0.25) is 0 Å². The molecule has 14 heavy (non-hydrogen) atoms. The summed E-state index contributed by atoms with van der Waals surface area (Å²) in [5.74, 6) is 0. The van der Waals surface area contributed by atoms with Gasteiger partial charge in [0.15, 0.2) is 0 Å². The zero-order chi connectivity index (χ0) is 9.97. The third-order valence-corrected chi connectivity index (χ3v) is 3.76. The van der Waals surface area contributed by atoms with E-state index < -0.39 is 0 Å². The van der Waals surface area contributed by atoms with E-state index in [9.17, 15) is 0 Å². The van der Waals surface area contributed by atoms with Crippen LogP contribution in [0.5, 0.6) is 0 Å². The fraction of sp³-hybridized carbons (Fsp3) is 0.636. The molecule has 1 unspecified atom stereocenters. The van der Waals surface area contributed by atoms with E-state index in [1.54, 1.807) is 0 Å². The summed E-state index contributed by atoms with van der Waals surface area (Å²) in [5.41, 5.74) is 5.78. The topological polar surface area (TPSA) is 29.3 Å². The van der Waals surface area contributed by atoms with Gasteiger partial charge in [-0.1, -0.05) is 0 Å². The summed E-state index contributed by atoms with van der Waals surface area (Å²) in [6.45, 7) is 4.53. The highest BCUT2D eigenvalue weighted by Gasteiger charge is 2.14. The van der Waals surface area contributed by atoms with Crippen molar-refractivity contribution in [3.05, 3.63) is 17.0 Å². The molecular weight excluding hydrogens is 192 g/mol. The van der Waals surface area contributed by atoms with Crippen molar-refractivity contribution in [3.63, 3.8) is 0 Å². The van der Waals surface area contributed by atoms with Crippen molar-refractivity contribution >= 4 is 16.3 Å². The Morgan fingerprint density at radius 1 is 1.43 bits per heavy atom. The highest BCUT2D eigenvalue weighted by Crippen LogP contribution is 2.29. The van der Waals surface area contributed by atoms with Crippen molar-refractivity contribution in [3.8, 4) is 0 Å². The molecule has 0 bridgehead atoms. The average Bonchev–Trinajstić information content (AvgIpc) is 2.69. The maximum absolute atomic E-state index is 5.78. The molecule has 3 heteroatoms. The summed E-state index contributed by atoms with van der Waals surface area (Å²) in [6, 6.07) is 4.75. The van der Waals surface area contributed by atoms with E-state index in [2.05, 4.69) is 24.0 Å². The van der Waals surface area contributed by atoms with Crippen LogP contribution in [0.15, 0.2) is 12.1 Å². The van der Waals surface area contributed by atoms with Gasteiger partial charge in [-0.05, 0) is 38.3 Å². The van der Waals surface area contributed by atoms with E-state index in [1.165, 1.54) is 35.8 Å². The monoisotopic (exact) mass is 210 g/mol. The summed E-state index contributed by atoms with van der Waals surface area (Å²) in [5, 5.41) is 1.43. The molecule has 2 heterocycles. The summed E-state index contributed by atoms with van der Waals surface area (Å²) in [4.78, 5) is 3.90. The Morgan fingerprint density at radius 2 is 2.14 bits per heavy atom. The molecule has 78 valence electrons. The lowest BCUT2D eigenvalue weighted by molar-refractivity contribution is 0.746. The SMILES string of the molecule is CC(N)Cc1ccc(N2CCCC2)s1. The lowest BCUT2D eigenvalue weighted by Gasteiger charge is -2.13. The molecule has 0 saturated carbocycles. The van der Waals surface area contributed by atoms with Crippen LogP contribution in [0.25, 0.3) is 0 Å². The Hall–Kier alpha value is -0.540. The number of hydrogen-bond acceptors (Lipinski definition) is 3. The minimum absolute atomic E-state index is 0.278. The van der Waals surface area contributed by atoms with Gasteiger partial charge in [-0.15, -0.1) is 11.3 Å². The van der Waals surface area contributed by atoms with E-state index in [1.807, 2.05) is 11.3 Å². The molecule has 0 radical (unpaired) electrons. The summed E-state index contributed by atoms with van der Waals surface area (Å²) < 4.78 is 0. The first-order valence-electron chi connectivity index (χ1n) is 5.35. The van der Waals surface area contributed by atoms with Crippen LogP contribution in [0.3, 0.4) is 0 Å². The third-order valence-electron chi connectivity index (χ3n) is 2.59. The lowest BCUT2D eigenvalue weighted by Crippen LogP contribution is -2.17. The van der Waals surface area contributed by atoms with Crippen LogP contribution in [-0.2, 0) is 6.42 Å². The van der Waals surface area contributed by atoms with Crippen LogP contribution < -0.4 is 10.6 Å². The largest absolute Gasteiger partial charge is 0.363 e. The molecule has 1 aliphatic heterocycles.